The van der Waals surface area contributed by atoms with Crippen molar-refractivity contribution in [1.82, 2.24) is 0 Å². The van der Waals surface area contributed by atoms with E-state index in [2.05, 4.69) is 0 Å². The summed E-state index contributed by atoms with van der Waals surface area (Å²) in [5.41, 5.74) is 1.84. The quantitative estimate of drug-likeness (QED) is 0.533. The van der Waals surface area contributed by atoms with Gasteiger partial charge in [-0.2, -0.15) is 0 Å². The molecule has 4 aromatic rings. The summed E-state index contributed by atoms with van der Waals surface area (Å²) in [6, 6.07) is 12.3. The molecule has 0 amide bonds. The van der Waals surface area contributed by atoms with E-state index in [-0.39, 0.29) is 12.2 Å². The maximum Gasteiger partial charge on any atom is 0.231 e. The van der Waals surface area contributed by atoms with Gasteiger partial charge in [-0.05, 0) is 30.3 Å². The molecule has 5 heteroatoms. The second-order valence-corrected chi connectivity index (χ2v) is 5.35. The fraction of sp³-hybridized carbons (Fsp3) is 0.0556. The van der Waals surface area contributed by atoms with Crippen LogP contribution < -0.4 is 14.9 Å². The topological polar surface area (TPSA) is 61.8 Å². The Morgan fingerprint density at radius 1 is 0.870 bits per heavy atom. The lowest BCUT2D eigenvalue weighted by molar-refractivity contribution is 0.174. The van der Waals surface area contributed by atoms with Crippen LogP contribution in [0.4, 0.5) is 0 Å². The lowest BCUT2D eigenvalue weighted by atomic mass is 10.1. The molecule has 1 aliphatic heterocycles. The number of rotatable bonds is 1. The monoisotopic (exact) mass is 306 g/mol. The first-order chi connectivity index (χ1) is 11.3. The molecule has 1 aliphatic rings. The molecule has 0 radical (unpaired) electrons. The highest BCUT2D eigenvalue weighted by Crippen LogP contribution is 2.36. The molecule has 0 atom stereocenters. The van der Waals surface area contributed by atoms with Crippen LogP contribution in [0.25, 0.3) is 33.3 Å². The minimum Gasteiger partial charge on any atom is -0.464 e. The first kappa shape index (κ1) is 12.3. The number of furan rings is 1. The average Bonchev–Trinajstić information content (AvgIpc) is 3.20. The number of fused-ring (bicyclic) bond motifs is 3. The van der Waals surface area contributed by atoms with Crippen LogP contribution >= 0.6 is 0 Å². The molecule has 112 valence electrons. The minimum absolute atomic E-state index is 0.0954. The van der Waals surface area contributed by atoms with Gasteiger partial charge in [-0.25, -0.2) is 0 Å². The van der Waals surface area contributed by atoms with Crippen LogP contribution in [-0.4, -0.2) is 6.79 Å². The summed E-state index contributed by atoms with van der Waals surface area (Å²) in [6.07, 6.45) is 1.59. The Kier molecular flexibility index (Phi) is 2.36. The molecule has 5 rings (SSSR count). The van der Waals surface area contributed by atoms with E-state index in [0.717, 1.165) is 10.9 Å². The molecule has 0 saturated heterocycles. The van der Waals surface area contributed by atoms with E-state index in [1.165, 1.54) is 6.07 Å². The fourth-order valence-electron chi connectivity index (χ4n) is 2.80. The molecule has 0 saturated carbocycles. The molecule has 5 nitrogen and oxygen atoms in total. The Bertz CT molecular complexity index is 1120. The third kappa shape index (κ3) is 1.83. The van der Waals surface area contributed by atoms with Gasteiger partial charge >= 0.3 is 0 Å². The highest BCUT2D eigenvalue weighted by Gasteiger charge is 2.16. The minimum atomic E-state index is -0.0954. The summed E-state index contributed by atoms with van der Waals surface area (Å²) in [5, 5.41) is 1.41. The molecule has 23 heavy (non-hydrogen) atoms. The first-order valence-corrected chi connectivity index (χ1v) is 7.13. The van der Waals surface area contributed by atoms with Gasteiger partial charge in [0.05, 0.1) is 11.6 Å². The smallest absolute Gasteiger partial charge is 0.231 e. The van der Waals surface area contributed by atoms with Gasteiger partial charge in [0, 0.05) is 23.1 Å². The van der Waals surface area contributed by atoms with Crippen LogP contribution in [0, 0.1) is 0 Å². The van der Waals surface area contributed by atoms with E-state index >= 15 is 0 Å². The van der Waals surface area contributed by atoms with Gasteiger partial charge in [0.2, 0.25) is 6.79 Å². The Hall–Kier alpha value is -3.21. The fourth-order valence-corrected chi connectivity index (χ4v) is 2.80. The molecule has 0 N–H and O–H groups in total. The zero-order valence-electron chi connectivity index (χ0n) is 11.9. The summed E-state index contributed by atoms with van der Waals surface area (Å²) in [7, 11) is 0. The van der Waals surface area contributed by atoms with Crippen molar-refractivity contribution in [2.45, 2.75) is 0 Å². The average molecular weight is 306 g/mol. The Labute approximate surface area is 129 Å². The van der Waals surface area contributed by atoms with Crippen molar-refractivity contribution in [2.75, 3.05) is 6.79 Å². The molecular formula is C18H10O5. The third-order valence-electron chi connectivity index (χ3n) is 3.96. The van der Waals surface area contributed by atoms with Crippen LogP contribution in [0.1, 0.15) is 0 Å². The number of ether oxygens (including phenoxy) is 2. The van der Waals surface area contributed by atoms with Crippen LogP contribution in [-0.2, 0) is 0 Å². The van der Waals surface area contributed by atoms with Crippen molar-refractivity contribution < 1.29 is 18.3 Å². The van der Waals surface area contributed by atoms with E-state index in [9.17, 15) is 4.79 Å². The second kappa shape index (κ2) is 4.39. The van der Waals surface area contributed by atoms with E-state index < -0.39 is 0 Å². The summed E-state index contributed by atoms with van der Waals surface area (Å²) in [5.74, 6) is 1.81. The van der Waals surface area contributed by atoms with E-state index in [4.69, 9.17) is 18.3 Å². The summed E-state index contributed by atoms with van der Waals surface area (Å²) >= 11 is 0. The Morgan fingerprint density at radius 2 is 1.78 bits per heavy atom. The molecular weight excluding hydrogens is 296 g/mol. The van der Waals surface area contributed by atoms with Crippen molar-refractivity contribution in [3.8, 4) is 22.8 Å². The molecule has 0 aliphatic carbocycles. The van der Waals surface area contributed by atoms with E-state index in [1.54, 1.807) is 30.5 Å². The van der Waals surface area contributed by atoms with Crippen molar-refractivity contribution in [2.24, 2.45) is 0 Å². The number of hydrogen-bond acceptors (Lipinski definition) is 5. The largest absolute Gasteiger partial charge is 0.464 e. The van der Waals surface area contributed by atoms with Gasteiger partial charge in [0.1, 0.15) is 16.9 Å². The highest BCUT2D eigenvalue weighted by atomic mass is 16.7. The van der Waals surface area contributed by atoms with E-state index in [0.29, 0.717) is 33.8 Å². The lowest BCUT2D eigenvalue weighted by Crippen LogP contribution is -2.00. The summed E-state index contributed by atoms with van der Waals surface area (Å²) in [4.78, 5) is 12.4. The molecule has 2 aromatic heterocycles. The van der Waals surface area contributed by atoms with Crippen LogP contribution in [0.3, 0.4) is 0 Å². The molecule has 0 unspecified atom stereocenters. The number of benzene rings is 2. The van der Waals surface area contributed by atoms with Crippen molar-refractivity contribution in [1.29, 1.82) is 0 Å². The number of hydrogen-bond donors (Lipinski definition) is 0. The molecule has 0 spiro atoms. The normalized spacial score (nSPS) is 13.0. The predicted octanol–water partition coefficient (Wildman–Crippen LogP) is 3.93. The molecule has 0 fully saturated rings. The van der Waals surface area contributed by atoms with Gasteiger partial charge in [-0.1, -0.05) is 0 Å². The van der Waals surface area contributed by atoms with E-state index in [1.807, 2.05) is 12.1 Å². The van der Waals surface area contributed by atoms with Gasteiger partial charge in [-0.15, -0.1) is 0 Å². The predicted molar refractivity (Wildman–Crippen MR) is 83.8 cm³/mol. The van der Waals surface area contributed by atoms with Crippen molar-refractivity contribution >= 4 is 21.9 Å². The van der Waals surface area contributed by atoms with Gasteiger partial charge in [0.25, 0.3) is 0 Å². The second-order valence-electron chi connectivity index (χ2n) is 5.35. The standard InChI is InChI=1S/C18H10O5/c19-13-7-16(10-1-2-14-18(6-10)22-9-21-14)23-17-8-15-11(3-4-20-15)5-12(13)17/h1-8H,9H2. The first-order valence-electron chi connectivity index (χ1n) is 7.13. The zero-order valence-corrected chi connectivity index (χ0v) is 11.9. The zero-order chi connectivity index (χ0) is 15.4. The SMILES string of the molecule is O=c1cc(-c2ccc3c(c2)OCO3)oc2cc3occc3cc12. The molecule has 3 heterocycles. The highest BCUT2D eigenvalue weighted by molar-refractivity contribution is 5.93. The van der Waals surface area contributed by atoms with Gasteiger partial charge < -0.3 is 18.3 Å². The molecule has 2 aromatic carbocycles. The van der Waals surface area contributed by atoms with Gasteiger partial charge in [-0.3, -0.25) is 4.79 Å². The third-order valence-corrected chi connectivity index (χ3v) is 3.96. The van der Waals surface area contributed by atoms with Crippen molar-refractivity contribution in [3.63, 3.8) is 0 Å². The van der Waals surface area contributed by atoms with Crippen molar-refractivity contribution in [3.05, 3.63) is 59.0 Å². The van der Waals surface area contributed by atoms with Crippen LogP contribution in [0.5, 0.6) is 11.5 Å². The summed E-state index contributed by atoms with van der Waals surface area (Å²) in [6.45, 7) is 0.205. The maximum atomic E-state index is 12.4. The molecule has 0 bridgehead atoms. The maximum absolute atomic E-state index is 12.4. The van der Waals surface area contributed by atoms with Crippen LogP contribution in [0.15, 0.2) is 62.4 Å². The Balaban J connectivity index is 1.75. The lowest BCUT2D eigenvalue weighted by Gasteiger charge is -2.04. The Morgan fingerprint density at radius 3 is 2.74 bits per heavy atom. The summed E-state index contributed by atoms with van der Waals surface area (Å²) < 4.78 is 21.9. The van der Waals surface area contributed by atoms with Gasteiger partial charge in [0.15, 0.2) is 16.9 Å². The van der Waals surface area contributed by atoms with Crippen LogP contribution in [0.2, 0.25) is 0 Å².